The molecule has 2 rings (SSSR count). The largest absolute Gasteiger partial charge is 0.489 e. The average Bonchev–Trinajstić information content (AvgIpc) is 2.45. The minimum atomic E-state index is -0.268. The molecule has 2 aromatic carbocycles. The highest BCUT2D eigenvalue weighted by atomic mass is 19.1. The van der Waals surface area contributed by atoms with Gasteiger partial charge in [-0.3, -0.25) is 0 Å². The molecule has 0 aliphatic rings. The lowest BCUT2D eigenvalue weighted by atomic mass is 10.0. The molecule has 0 spiro atoms. The molecular weight excluding hydrogens is 253 g/mol. The molecule has 0 radical (unpaired) electrons. The Bertz CT molecular complexity index is 564. The third-order valence-corrected chi connectivity index (χ3v) is 3.33. The monoisotopic (exact) mass is 273 g/mol. The number of halogens is 1. The van der Waals surface area contributed by atoms with Crippen molar-refractivity contribution >= 4 is 0 Å². The zero-order valence-corrected chi connectivity index (χ0v) is 11.9. The Labute approximate surface area is 119 Å². The van der Waals surface area contributed by atoms with Crippen molar-refractivity contribution < 1.29 is 9.13 Å². The van der Waals surface area contributed by atoms with E-state index in [1.165, 1.54) is 17.7 Å². The van der Waals surface area contributed by atoms with Crippen molar-refractivity contribution in [3.05, 3.63) is 65.0 Å². The standard InChI is InChI=1S/C17H20FNO/c1-12(2)13-4-7-17(8-5-13)20-11-15-9-16(18)6-3-14(15)10-19/h3-9,12H,10-11,19H2,1-2H3. The summed E-state index contributed by atoms with van der Waals surface area (Å²) in [6, 6.07) is 12.6. The van der Waals surface area contributed by atoms with Gasteiger partial charge in [0.05, 0.1) is 0 Å². The van der Waals surface area contributed by atoms with Crippen LogP contribution in [0.25, 0.3) is 0 Å². The molecule has 2 N–H and O–H groups in total. The van der Waals surface area contributed by atoms with Gasteiger partial charge in [-0.05, 0) is 46.9 Å². The quantitative estimate of drug-likeness (QED) is 0.894. The predicted octanol–water partition coefficient (Wildman–Crippen LogP) is 3.99. The van der Waals surface area contributed by atoms with Crippen LogP contribution in [0.1, 0.15) is 36.5 Å². The minimum absolute atomic E-state index is 0.268. The van der Waals surface area contributed by atoms with E-state index in [-0.39, 0.29) is 5.82 Å². The van der Waals surface area contributed by atoms with Crippen molar-refractivity contribution in [2.75, 3.05) is 0 Å². The Morgan fingerprint density at radius 3 is 2.35 bits per heavy atom. The van der Waals surface area contributed by atoms with Crippen LogP contribution in [-0.4, -0.2) is 0 Å². The average molecular weight is 273 g/mol. The number of hydrogen-bond donors (Lipinski definition) is 1. The number of nitrogens with two attached hydrogens (primary N) is 1. The van der Waals surface area contributed by atoms with Gasteiger partial charge in [0.25, 0.3) is 0 Å². The van der Waals surface area contributed by atoms with Crippen LogP contribution in [0, 0.1) is 5.82 Å². The van der Waals surface area contributed by atoms with Gasteiger partial charge in [-0.1, -0.05) is 32.0 Å². The van der Waals surface area contributed by atoms with Gasteiger partial charge in [-0.15, -0.1) is 0 Å². The van der Waals surface area contributed by atoms with Crippen LogP contribution in [0.5, 0.6) is 5.75 Å². The summed E-state index contributed by atoms with van der Waals surface area (Å²) >= 11 is 0. The number of rotatable bonds is 5. The maximum atomic E-state index is 13.3. The molecule has 2 aromatic rings. The van der Waals surface area contributed by atoms with Crippen molar-refractivity contribution in [2.45, 2.75) is 32.9 Å². The second kappa shape index (κ2) is 6.53. The first-order valence-electron chi connectivity index (χ1n) is 6.80. The van der Waals surface area contributed by atoms with Crippen molar-refractivity contribution in [1.29, 1.82) is 0 Å². The van der Waals surface area contributed by atoms with Crippen LogP contribution < -0.4 is 10.5 Å². The fraction of sp³-hybridized carbons (Fsp3) is 0.294. The first-order valence-corrected chi connectivity index (χ1v) is 6.80. The number of ether oxygens (including phenoxy) is 1. The SMILES string of the molecule is CC(C)c1ccc(OCc2cc(F)ccc2CN)cc1. The van der Waals surface area contributed by atoms with Crippen molar-refractivity contribution in [3.63, 3.8) is 0 Å². The first-order chi connectivity index (χ1) is 9.60. The van der Waals surface area contributed by atoms with Gasteiger partial charge in [0.1, 0.15) is 18.2 Å². The molecule has 3 heteroatoms. The second-order valence-corrected chi connectivity index (χ2v) is 5.13. The molecule has 0 unspecified atom stereocenters. The summed E-state index contributed by atoms with van der Waals surface area (Å²) < 4.78 is 19.0. The van der Waals surface area contributed by atoms with Crippen LogP contribution in [-0.2, 0) is 13.2 Å². The normalized spacial score (nSPS) is 10.8. The lowest BCUT2D eigenvalue weighted by molar-refractivity contribution is 0.304. The van der Waals surface area contributed by atoms with Crippen molar-refractivity contribution in [2.24, 2.45) is 5.73 Å². The van der Waals surface area contributed by atoms with E-state index in [2.05, 4.69) is 26.0 Å². The molecule has 0 aliphatic carbocycles. The van der Waals surface area contributed by atoms with E-state index in [4.69, 9.17) is 10.5 Å². The Morgan fingerprint density at radius 2 is 1.75 bits per heavy atom. The Hall–Kier alpha value is -1.87. The van der Waals surface area contributed by atoms with E-state index in [9.17, 15) is 4.39 Å². The van der Waals surface area contributed by atoms with Crippen LogP contribution in [0.15, 0.2) is 42.5 Å². The van der Waals surface area contributed by atoms with Gasteiger partial charge in [0.15, 0.2) is 0 Å². The molecule has 20 heavy (non-hydrogen) atoms. The molecule has 0 aromatic heterocycles. The zero-order valence-electron chi connectivity index (χ0n) is 11.9. The van der Waals surface area contributed by atoms with Gasteiger partial charge in [0.2, 0.25) is 0 Å². The topological polar surface area (TPSA) is 35.2 Å². The third kappa shape index (κ3) is 3.58. The molecule has 0 atom stereocenters. The zero-order chi connectivity index (χ0) is 14.5. The van der Waals surface area contributed by atoms with Gasteiger partial charge < -0.3 is 10.5 Å². The maximum absolute atomic E-state index is 13.3. The summed E-state index contributed by atoms with van der Waals surface area (Å²) in [5.74, 6) is 1.01. The second-order valence-electron chi connectivity index (χ2n) is 5.13. The van der Waals surface area contributed by atoms with Crippen molar-refractivity contribution in [3.8, 4) is 5.75 Å². The summed E-state index contributed by atoms with van der Waals surface area (Å²) in [5.41, 5.74) is 8.61. The van der Waals surface area contributed by atoms with Crippen LogP contribution in [0.4, 0.5) is 4.39 Å². The molecule has 0 saturated carbocycles. The lowest BCUT2D eigenvalue weighted by Crippen LogP contribution is -2.05. The predicted molar refractivity (Wildman–Crippen MR) is 79.2 cm³/mol. The summed E-state index contributed by atoms with van der Waals surface area (Å²) in [4.78, 5) is 0. The highest BCUT2D eigenvalue weighted by molar-refractivity contribution is 5.31. The summed E-state index contributed by atoms with van der Waals surface area (Å²) in [6.07, 6.45) is 0. The molecule has 0 heterocycles. The summed E-state index contributed by atoms with van der Waals surface area (Å²) in [5, 5.41) is 0. The smallest absolute Gasteiger partial charge is 0.123 e. The molecule has 2 nitrogen and oxygen atoms in total. The highest BCUT2D eigenvalue weighted by Crippen LogP contribution is 2.20. The van der Waals surface area contributed by atoms with Gasteiger partial charge in [-0.25, -0.2) is 4.39 Å². The first kappa shape index (κ1) is 14.5. The molecule has 0 fully saturated rings. The van der Waals surface area contributed by atoms with Gasteiger partial charge in [-0.2, -0.15) is 0 Å². The Kier molecular flexibility index (Phi) is 4.74. The van der Waals surface area contributed by atoms with Gasteiger partial charge in [0, 0.05) is 6.54 Å². The fourth-order valence-electron chi connectivity index (χ4n) is 2.04. The fourth-order valence-corrected chi connectivity index (χ4v) is 2.04. The maximum Gasteiger partial charge on any atom is 0.123 e. The molecule has 0 aliphatic heterocycles. The van der Waals surface area contributed by atoms with E-state index in [1.807, 2.05) is 12.1 Å². The molecule has 106 valence electrons. The highest BCUT2D eigenvalue weighted by Gasteiger charge is 2.05. The molecule has 0 saturated heterocycles. The van der Waals surface area contributed by atoms with Gasteiger partial charge >= 0.3 is 0 Å². The minimum Gasteiger partial charge on any atom is -0.489 e. The van der Waals surface area contributed by atoms with Crippen LogP contribution >= 0.6 is 0 Å². The molecule has 0 amide bonds. The lowest BCUT2D eigenvalue weighted by Gasteiger charge is -2.11. The number of benzene rings is 2. The Balaban J connectivity index is 2.06. The van der Waals surface area contributed by atoms with Crippen LogP contribution in [0.2, 0.25) is 0 Å². The van der Waals surface area contributed by atoms with Crippen LogP contribution in [0.3, 0.4) is 0 Å². The van der Waals surface area contributed by atoms with Crippen molar-refractivity contribution in [1.82, 2.24) is 0 Å². The number of hydrogen-bond acceptors (Lipinski definition) is 2. The van der Waals surface area contributed by atoms with E-state index >= 15 is 0 Å². The van der Waals surface area contributed by atoms with E-state index in [0.717, 1.165) is 16.9 Å². The summed E-state index contributed by atoms with van der Waals surface area (Å²) in [7, 11) is 0. The van der Waals surface area contributed by atoms with E-state index < -0.39 is 0 Å². The molecule has 0 bridgehead atoms. The Morgan fingerprint density at radius 1 is 1.05 bits per heavy atom. The summed E-state index contributed by atoms with van der Waals surface area (Å²) in [6.45, 7) is 5.00. The van der Waals surface area contributed by atoms with E-state index in [1.54, 1.807) is 6.07 Å². The van der Waals surface area contributed by atoms with E-state index in [0.29, 0.717) is 19.1 Å². The third-order valence-electron chi connectivity index (χ3n) is 3.33. The molecular formula is C17H20FNO.